The van der Waals surface area contributed by atoms with Crippen LogP contribution in [0.3, 0.4) is 0 Å². The highest BCUT2D eigenvalue weighted by Gasteiger charge is 2.18. The summed E-state index contributed by atoms with van der Waals surface area (Å²) in [5.41, 5.74) is 7.68. The molecule has 0 aliphatic heterocycles. The smallest absolute Gasteiger partial charge is 0.225 e. The van der Waals surface area contributed by atoms with Gasteiger partial charge < -0.3 is 0 Å². The van der Waals surface area contributed by atoms with Gasteiger partial charge in [-0.15, -0.1) is 0 Å². The summed E-state index contributed by atoms with van der Waals surface area (Å²) in [7, 11) is 0. The molecule has 2 nitrogen and oxygen atoms in total. The van der Waals surface area contributed by atoms with Gasteiger partial charge in [-0.2, -0.15) is 4.57 Å². The Balaban J connectivity index is 1.92. The first kappa shape index (κ1) is 14.7. The molecule has 0 radical (unpaired) electrons. The summed E-state index contributed by atoms with van der Waals surface area (Å²) < 4.78 is 4.62. The Morgan fingerprint density at radius 3 is 2.12 bits per heavy atom. The number of benzene rings is 3. The number of aryl methyl sites for hydroxylation is 2. The van der Waals surface area contributed by atoms with Crippen LogP contribution in [0.2, 0.25) is 0 Å². The molecule has 2 heteroatoms. The van der Waals surface area contributed by atoms with Gasteiger partial charge in [-0.3, -0.25) is 0 Å². The van der Waals surface area contributed by atoms with Crippen LogP contribution >= 0.6 is 0 Å². The van der Waals surface area contributed by atoms with E-state index in [9.17, 15) is 0 Å². The number of aromatic nitrogens is 2. The van der Waals surface area contributed by atoms with E-state index in [1.165, 1.54) is 33.4 Å². The van der Waals surface area contributed by atoms with Gasteiger partial charge in [0.2, 0.25) is 6.33 Å². The maximum atomic E-state index is 2.34. The Labute approximate surface area is 142 Å². The van der Waals surface area contributed by atoms with Crippen molar-refractivity contribution in [1.82, 2.24) is 4.57 Å². The fourth-order valence-electron chi connectivity index (χ4n) is 3.17. The molecule has 0 N–H and O–H groups in total. The molecule has 0 bridgehead atoms. The standard InChI is InChI=1S/C22H21N2/c1-17-13-21-22(14-18(17)2)24(20-11-7-4-8-12-20)16-23(21)15-19-9-5-3-6-10-19/h3-14,16H,15H2,1-2H3/q+1. The summed E-state index contributed by atoms with van der Waals surface area (Å²) in [6.07, 6.45) is 2.21. The molecule has 0 atom stereocenters. The van der Waals surface area contributed by atoms with Crippen molar-refractivity contribution in [3.8, 4) is 5.69 Å². The molecule has 24 heavy (non-hydrogen) atoms. The Morgan fingerprint density at radius 1 is 0.792 bits per heavy atom. The molecule has 0 aliphatic rings. The van der Waals surface area contributed by atoms with Crippen molar-refractivity contribution >= 4 is 11.0 Å². The van der Waals surface area contributed by atoms with Crippen molar-refractivity contribution in [1.29, 1.82) is 0 Å². The largest absolute Gasteiger partial charge is 0.250 e. The van der Waals surface area contributed by atoms with E-state index in [4.69, 9.17) is 0 Å². The molecule has 0 saturated carbocycles. The van der Waals surface area contributed by atoms with E-state index in [1.54, 1.807) is 0 Å². The first-order valence-electron chi connectivity index (χ1n) is 8.33. The van der Waals surface area contributed by atoms with Crippen LogP contribution in [0.15, 0.2) is 79.1 Å². The highest BCUT2D eigenvalue weighted by atomic mass is 15.1. The Hall–Kier alpha value is -2.87. The van der Waals surface area contributed by atoms with Crippen LogP contribution in [0.5, 0.6) is 0 Å². The average molecular weight is 313 g/mol. The Bertz CT molecular complexity index is 983. The number of imidazole rings is 1. The molecule has 1 aromatic heterocycles. The number of nitrogens with zero attached hydrogens (tertiary/aromatic N) is 2. The van der Waals surface area contributed by atoms with Crippen LogP contribution in [-0.2, 0) is 6.54 Å². The zero-order chi connectivity index (χ0) is 16.5. The van der Waals surface area contributed by atoms with E-state index in [2.05, 4.69) is 102 Å². The first-order chi connectivity index (χ1) is 11.7. The van der Waals surface area contributed by atoms with Crippen LogP contribution in [0, 0.1) is 13.8 Å². The molecule has 118 valence electrons. The fraction of sp³-hybridized carbons (Fsp3) is 0.136. The van der Waals surface area contributed by atoms with Crippen LogP contribution in [0.1, 0.15) is 16.7 Å². The summed E-state index contributed by atoms with van der Waals surface area (Å²) in [5.74, 6) is 0. The predicted octanol–water partition coefficient (Wildman–Crippen LogP) is 4.58. The van der Waals surface area contributed by atoms with Crippen LogP contribution in [0.25, 0.3) is 16.7 Å². The summed E-state index contributed by atoms with van der Waals surface area (Å²) in [5, 5.41) is 0. The summed E-state index contributed by atoms with van der Waals surface area (Å²) >= 11 is 0. The third-order valence-electron chi connectivity index (χ3n) is 4.64. The van der Waals surface area contributed by atoms with E-state index in [1.807, 2.05) is 0 Å². The van der Waals surface area contributed by atoms with Gasteiger partial charge in [-0.25, -0.2) is 4.57 Å². The third kappa shape index (κ3) is 2.61. The van der Waals surface area contributed by atoms with Crippen molar-refractivity contribution < 1.29 is 4.57 Å². The molecule has 0 amide bonds. The summed E-state index contributed by atoms with van der Waals surface area (Å²) in [6, 6.07) is 25.8. The highest BCUT2D eigenvalue weighted by molar-refractivity contribution is 5.76. The van der Waals surface area contributed by atoms with Gasteiger partial charge in [0.15, 0.2) is 11.0 Å². The van der Waals surface area contributed by atoms with Gasteiger partial charge in [0, 0.05) is 0 Å². The van der Waals surface area contributed by atoms with Crippen LogP contribution in [-0.4, -0.2) is 4.57 Å². The minimum Gasteiger partial charge on any atom is -0.225 e. The quantitative estimate of drug-likeness (QED) is 0.489. The van der Waals surface area contributed by atoms with Gasteiger partial charge in [-0.1, -0.05) is 48.5 Å². The minimum absolute atomic E-state index is 0.875. The number of para-hydroxylation sites is 1. The first-order valence-corrected chi connectivity index (χ1v) is 8.33. The van der Waals surface area contributed by atoms with E-state index in [0.29, 0.717) is 0 Å². The van der Waals surface area contributed by atoms with Crippen LogP contribution in [0.4, 0.5) is 0 Å². The predicted molar refractivity (Wildman–Crippen MR) is 98.5 cm³/mol. The van der Waals surface area contributed by atoms with Gasteiger partial charge in [0.05, 0.1) is 0 Å². The van der Waals surface area contributed by atoms with Crippen molar-refractivity contribution in [2.24, 2.45) is 0 Å². The minimum atomic E-state index is 0.875. The highest BCUT2D eigenvalue weighted by Crippen LogP contribution is 2.21. The Morgan fingerprint density at radius 2 is 1.42 bits per heavy atom. The molecule has 1 heterocycles. The third-order valence-corrected chi connectivity index (χ3v) is 4.64. The molecule has 0 unspecified atom stereocenters. The van der Waals surface area contributed by atoms with E-state index >= 15 is 0 Å². The monoisotopic (exact) mass is 313 g/mol. The molecule has 4 aromatic rings. The van der Waals surface area contributed by atoms with Crippen molar-refractivity contribution in [2.75, 3.05) is 0 Å². The molecule has 0 aliphatic carbocycles. The number of fused-ring (bicyclic) bond motifs is 1. The number of hydrogen-bond acceptors (Lipinski definition) is 0. The molecule has 0 saturated heterocycles. The lowest BCUT2D eigenvalue weighted by molar-refractivity contribution is -0.662. The SMILES string of the molecule is Cc1cc2c(cc1C)[n+](Cc1ccccc1)cn2-c1ccccc1. The maximum Gasteiger partial charge on any atom is 0.250 e. The Kier molecular flexibility index (Phi) is 3.66. The summed E-state index contributed by atoms with van der Waals surface area (Å²) in [6.45, 7) is 5.24. The molecule has 4 rings (SSSR count). The maximum absolute atomic E-state index is 2.34. The zero-order valence-electron chi connectivity index (χ0n) is 14.1. The van der Waals surface area contributed by atoms with Gasteiger partial charge in [-0.05, 0) is 54.8 Å². The van der Waals surface area contributed by atoms with Gasteiger partial charge in [0.25, 0.3) is 0 Å². The molecule has 3 aromatic carbocycles. The second kappa shape index (κ2) is 5.97. The van der Waals surface area contributed by atoms with E-state index < -0.39 is 0 Å². The molecular weight excluding hydrogens is 292 g/mol. The van der Waals surface area contributed by atoms with E-state index in [-0.39, 0.29) is 0 Å². The van der Waals surface area contributed by atoms with Crippen LogP contribution < -0.4 is 4.57 Å². The topological polar surface area (TPSA) is 8.81 Å². The number of hydrogen-bond donors (Lipinski definition) is 0. The normalized spacial score (nSPS) is 11.1. The van der Waals surface area contributed by atoms with Crippen molar-refractivity contribution in [3.05, 3.63) is 95.8 Å². The van der Waals surface area contributed by atoms with Crippen molar-refractivity contribution in [3.63, 3.8) is 0 Å². The van der Waals surface area contributed by atoms with E-state index in [0.717, 1.165) is 6.54 Å². The lowest BCUT2D eigenvalue weighted by Gasteiger charge is -2.01. The summed E-state index contributed by atoms with van der Waals surface area (Å²) in [4.78, 5) is 0. The zero-order valence-corrected chi connectivity index (χ0v) is 14.1. The van der Waals surface area contributed by atoms with Gasteiger partial charge >= 0.3 is 0 Å². The lowest BCUT2D eigenvalue weighted by Crippen LogP contribution is -2.32. The van der Waals surface area contributed by atoms with Crippen molar-refractivity contribution in [2.45, 2.75) is 20.4 Å². The molecule has 0 spiro atoms. The second-order valence-corrected chi connectivity index (χ2v) is 6.36. The van der Waals surface area contributed by atoms with Gasteiger partial charge in [0.1, 0.15) is 12.2 Å². The molecular formula is C22H21N2+. The second-order valence-electron chi connectivity index (χ2n) is 6.36. The molecule has 0 fully saturated rings. The fourth-order valence-corrected chi connectivity index (χ4v) is 3.17. The number of rotatable bonds is 3. The average Bonchev–Trinajstić information content (AvgIpc) is 2.95. The lowest BCUT2D eigenvalue weighted by atomic mass is 10.1.